The van der Waals surface area contributed by atoms with Gasteiger partial charge in [-0.25, -0.2) is 4.92 Å². The van der Waals surface area contributed by atoms with Crippen LogP contribution in [0.4, 0.5) is 5.95 Å². The van der Waals surface area contributed by atoms with Crippen molar-refractivity contribution in [2.75, 3.05) is 12.0 Å². The van der Waals surface area contributed by atoms with Crippen LogP contribution in [0.3, 0.4) is 0 Å². The summed E-state index contributed by atoms with van der Waals surface area (Å²) in [5.74, 6) is 1.07. The molecule has 19 heavy (non-hydrogen) atoms. The molecule has 0 saturated carbocycles. The van der Waals surface area contributed by atoms with Crippen molar-refractivity contribution in [2.45, 2.75) is 0 Å². The summed E-state index contributed by atoms with van der Waals surface area (Å²) in [6.07, 6.45) is 1.64. The van der Waals surface area contributed by atoms with Gasteiger partial charge in [0.25, 0.3) is 0 Å². The van der Waals surface area contributed by atoms with Gasteiger partial charge in [0.1, 0.15) is 5.75 Å². The molecule has 0 bridgehead atoms. The Hall–Kier alpha value is -2.13. The zero-order chi connectivity index (χ0) is 13.4. The molecular formula is C10H10BN5O2S. The molecule has 7 nitrogen and oxygen atoms in total. The molecule has 0 atom stereocenters. The Morgan fingerprint density at radius 3 is 2.95 bits per heavy atom. The number of H-pyrrole nitrogens is 2. The molecule has 2 heterocycles. The van der Waals surface area contributed by atoms with Gasteiger partial charge in [-0.1, -0.05) is 6.07 Å². The predicted octanol–water partition coefficient (Wildman–Crippen LogP) is 0.0175. The average Bonchev–Trinajstić information content (AvgIpc) is 2.85. The number of rotatable bonds is 2. The molecule has 3 N–H and O–H groups in total. The van der Waals surface area contributed by atoms with Crippen molar-refractivity contribution in [1.82, 2.24) is 15.2 Å². The van der Waals surface area contributed by atoms with Crippen LogP contribution in [-0.2, 0) is 0 Å². The number of hydrazone groups is 1. The number of methoxy groups -OCH3 is 1. The maximum absolute atomic E-state index is 10.3. The summed E-state index contributed by atoms with van der Waals surface area (Å²) < 4.78 is 5.44. The van der Waals surface area contributed by atoms with E-state index >= 15 is 0 Å². The molecule has 0 spiro atoms. The molecule has 9 heteroatoms. The monoisotopic (exact) mass is 275 g/mol. The first-order valence-corrected chi connectivity index (χ1v) is 5.94. The van der Waals surface area contributed by atoms with Crippen LogP contribution in [0.25, 0.3) is 0 Å². The van der Waals surface area contributed by atoms with E-state index in [0.29, 0.717) is 16.5 Å². The fraction of sp³-hybridized carbons (Fsp3) is 0.100. The molecule has 1 aliphatic heterocycles. The van der Waals surface area contributed by atoms with Crippen molar-refractivity contribution in [1.29, 1.82) is 0 Å². The first kappa shape index (κ1) is 11.9. The second kappa shape index (κ2) is 4.52. The van der Waals surface area contributed by atoms with E-state index in [4.69, 9.17) is 17.0 Å². The molecule has 3 rings (SSSR count). The SMILES string of the molecule is COc1ccc2c(c1)C=NN(c1nc(=S)[nH][nH]1)B2O. The second-order valence-electron chi connectivity index (χ2n) is 3.95. The Bertz CT molecular complexity index is 697. The van der Waals surface area contributed by atoms with Gasteiger partial charge in [-0.3, -0.25) is 10.2 Å². The van der Waals surface area contributed by atoms with Gasteiger partial charge in [-0.15, -0.1) is 0 Å². The number of hydrogen-bond donors (Lipinski definition) is 3. The number of aromatic nitrogens is 3. The summed E-state index contributed by atoms with van der Waals surface area (Å²) in [5.41, 5.74) is 1.52. The molecule has 0 amide bonds. The quantitative estimate of drug-likeness (QED) is 0.531. The van der Waals surface area contributed by atoms with E-state index in [1.807, 2.05) is 6.07 Å². The zero-order valence-corrected chi connectivity index (χ0v) is 10.8. The van der Waals surface area contributed by atoms with E-state index in [-0.39, 0.29) is 0 Å². The maximum atomic E-state index is 10.3. The van der Waals surface area contributed by atoms with Crippen molar-refractivity contribution in [3.63, 3.8) is 0 Å². The van der Waals surface area contributed by atoms with Crippen LogP contribution >= 0.6 is 12.2 Å². The number of anilines is 1. The lowest BCUT2D eigenvalue weighted by molar-refractivity contribution is 0.415. The van der Waals surface area contributed by atoms with E-state index in [2.05, 4.69) is 20.3 Å². The van der Waals surface area contributed by atoms with Crippen LogP contribution in [0, 0.1) is 4.77 Å². The number of hydrogen-bond acceptors (Lipinski definition) is 6. The first-order chi connectivity index (χ1) is 9.19. The highest BCUT2D eigenvalue weighted by Crippen LogP contribution is 2.16. The summed E-state index contributed by atoms with van der Waals surface area (Å²) in [6, 6.07) is 5.39. The maximum Gasteiger partial charge on any atom is 0.474 e. The lowest BCUT2D eigenvalue weighted by atomic mass is 9.70. The fourth-order valence-corrected chi connectivity index (χ4v) is 2.02. The van der Waals surface area contributed by atoms with Gasteiger partial charge < -0.3 is 9.76 Å². The van der Waals surface area contributed by atoms with Crippen molar-refractivity contribution in [3.05, 3.63) is 28.5 Å². The van der Waals surface area contributed by atoms with Crippen LogP contribution in [0.2, 0.25) is 0 Å². The van der Waals surface area contributed by atoms with Crippen LogP contribution in [0.1, 0.15) is 5.56 Å². The van der Waals surface area contributed by atoms with Gasteiger partial charge in [-0.05, 0) is 35.4 Å². The Labute approximate surface area is 114 Å². The summed E-state index contributed by atoms with van der Waals surface area (Å²) in [7, 11) is 0.661. The number of ether oxygens (including phenoxy) is 1. The molecular weight excluding hydrogens is 265 g/mol. The van der Waals surface area contributed by atoms with Gasteiger partial charge in [-0.2, -0.15) is 10.1 Å². The van der Waals surface area contributed by atoms with Gasteiger partial charge >= 0.3 is 7.05 Å². The van der Waals surface area contributed by atoms with Crippen molar-refractivity contribution >= 4 is 36.9 Å². The van der Waals surface area contributed by atoms with Crippen LogP contribution in [0.5, 0.6) is 5.75 Å². The lowest BCUT2D eigenvalue weighted by Gasteiger charge is -2.24. The van der Waals surface area contributed by atoms with E-state index in [1.165, 1.54) is 4.92 Å². The minimum atomic E-state index is -0.931. The molecule has 1 aromatic heterocycles. The Morgan fingerprint density at radius 1 is 1.42 bits per heavy atom. The van der Waals surface area contributed by atoms with Gasteiger partial charge in [0.05, 0.1) is 13.3 Å². The summed E-state index contributed by atoms with van der Waals surface area (Å²) in [6.45, 7) is 0. The normalized spacial score (nSPS) is 13.6. The second-order valence-corrected chi connectivity index (χ2v) is 4.33. The fourth-order valence-electron chi connectivity index (χ4n) is 1.89. The van der Waals surface area contributed by atoms with E-state index in [9.17, 15) is 5.02 Å². The van der Waals surface area contributed by atoms with Crippen LogP contribution in [-0.4, -0.2) is 40.6 Å². The minimum absolute atomic E-state index is 0.304. The third kappa shape index (κ3) is 2.02. The predicted molar refractivity (Wildman–Crippen MR) is 74.4 cm³/mol. The van der Waals surface area contributed by atoms with Gasteiger partial charge in [0.15, 0.2) is 0 Å². The summed E-state index contributed by atoms with van der Waals surface area (Å²) in [5, 5.41) is 19.9. The molecule has 2 aromatic rings. The third-order valence-electron chi connectivity index (χ3n) is 2.83. The summed E-state index contributed by atoms with van der Waals surface area (Å²) in [4.78, 5) is 5.37. The number of aromatic amines is 2. The van der Waals surface area contributed by atoms with Gasteiger partial charge in [0, 0.05) is 0 Å². The number of nitrogens with zero attached hydrogens (tertiary/aromatic N) is 3. The smallest absolute Gasteiger partial charge is 0.474 e. The van der Waals surface area contributed by atoms with Crippen molar-refractivity contribution in [2.24, 2.45) is 5.10 Å². The molecule has 1 aliphatic rings. The molecule has 0 fully saturated rings. The van der Waals surface area contributed by atoms with E-state index in [1.54, 1.807) is 25.5 Å². The molecule has 0 aliphatic carbocycles. The van der Waals surface area contributed by atoms with Crippen molar-refractivity contribution < 1.29 is 9.76 Å². The topological polar surface area (TPSA) is 89.5 Å². The highest BCUT2D eigenvalue weighted by Gasteiger charge is 2.31. The van der Waals surface area contributed by atoms with E-state index in [0.717, 1.165) is 11.0 Å². The van der Waals surface area contributed by atoms with Crippen LogP contribution in [0.15, 0.2) is 23.3 Å². The first-order valence-electron chi connectivity index (χ1n) is 5.53. The van der Waals surface area contributed by atoms with E-state index < -0.39 is 7.05 Å². The summed E-state index contributed by atoms with van der Waals surface area (Å²) >= 11 is 4.88. The highest BCUT2D eigenvalue weighted by atomic mass is 32.1. The highest BCUT2D eigenvalue weighted by molar-refractivity contribution is 7.71. The largest absolute Gasteiger partial charge is 0.497 e. The molecule has 96 valence electrons. The molecule has 0 saturated heterocycles. The van der Waals surface area contributed by atoms with Gasteiger partial charge in [0.2, 0.25) is 10.7 Å². The number of nitrogens with one attached hydrogen (secondary N) is 2. The molecule has 0 radical (unpaired) electrons. The Balaban J connectivity index is 2.01. The third-order valence-corrected chi connectivity index (χ3v) is 3.02. The minimum Gasteiger partial charge on any atom is -0.497 e. The standard InChI is InChI=1S/C10H10BN5O2S/c1-18-7-2-3-8-6(4-7)5-12-16(11(8)17)9-13-10(19)15-14-9/h2-5,17H,1H3,(H2,13,14,15,19). The lowest BCUT2D eigenvalue weighted by Crippen LogP contribution is -2.50. The zero-order valence-electron chi connectivity index (χ0n) is 9.99. The average molecular weight is 275 g/mol. The van der Waals surface area contributed by atoms with Crippen molar-refractivity contribution in [3.8, 4) is 5.75 Å². The Morgan fingerprint density at radius 2 is 2.26 bits per heavy atom. The number of fused-ring (bicyclic) bond motifs is 1. The molecule has 0 unspecified atom stereocenters. The molecule has 1 aromatic carbocycles. The Kier molecular flexibility index (Phi) is 2.84. The van der Waals surface area contributed by atoms with Crippen LogP contribution < -0.4 is 15.1 Å². The number of benzene rings is 1.